The summed E-state index contributed by atoms with van der Waals surface area (Å²) in [6.45, 7) is 7.09. The monoisotopic (exact) mass is 293 g/mol. The second-order valence-electron chi connectivity index (χ2n) is 6.46. The number of amides is 2. The molecule has 21 heavy (non-hydrogen) atoms. The van der Waals surface area contributed by atoms with Crippen molar-refractivity contribution in [2.45, 2.75) is 39.0 Å². The van der Waals surface area contributed by atoms with Gasteiger partial charge in [-0.3, -0.25) is 14.7 Å². The molecule has 7 heteroatoms. The average molecular weight is 293 g/mol. The van der Waals surface area contributed by atoms with Crippen molar-refractivity contribution in [3.63, 3.8) is 0 Å². The fraction of sp³-hybridized carbons (Fsp3) is 0.714. The molecule has 2 heterocycles. The minimum atomic E-state index is -0.213. The molecular formula is C14H23N5O2. The SMILES string of the molecule is CNC(=O)C1CCCN(C(=O)c2n[nH]c(C(C)(C)C)n2)C1. The third-order valence-corrected chi connectivity index (χ3v) is 3.71. The van der Waals surface area contributed by atoms with Gasteiger partial charge in [-0.1, -0.05) is 20.8 Å². The first-order chi connectivity index (χ1) is 9.82. The largest absolute Gasteiger partial charge is 0.359 e. The summed E-state index contributed by atoms with van der Waals surface area (Å²) < 4.78 is 0. The van der Waals surface area contributed by atoms with E-state index in [0.717, 1.165) is 12.8 Å². The summed E-state index contributed by atoms with van der Waals surface area (Å²) in [6, 6.07) is 0. The number of aromatic nitrogens is 3. The number of aromatic amines is 1. The van der Waals surface area contributed by atoms with Crippen molar-refractivity contribution in [1.82, 2.24) is 25.4 Å². The highest BCUT2D eigenvalue weighted by atomic mass is 16.2. The third kappa shape index (κ3) is 3.40. The van der Waals surface area contributed by atoms with Gasteiger partial charge in [0.1, 0.15) is 5.82 Å². The summed E-state index contributed by atoms with van der Waals surface area (Å²) >= 11 is 0. The summed E-state index contributed by atoms with van der Waals surface area (Å²) in [7, 11) is 1.62. The lowest BCUT2D eigenvalue weighted by molar-refractivity contribution is -0.125. The Hall–Kier alpha value is -1.92. The molecule has 116 valence electrons. The second-order valence-corrected chi connectivity index (χ2v) is 6.46. The van der Waals surface area contributed by atoms with E-state index in [4.69, 9.17) is 0 Å². The normalized spacial score (nSPS) is 19.4. The van der Waals surface area contributed by atoms with Crippen molar-refractivity contribution in [3.05, 3.63) is 11.6 Å². The smallest absolute Gasteiger partial charge is 0.293 e. The molecular weight excluding hydrogens is 270 g/mol. The molecule has 0 spiro atoms. The fourth-order valence-electron chi connectivity index (χ4n) is 2.41. The van der Waals surface area contributed by atoms with E-state index in [1.165, 1.54) is 0 Å². The number of H-pyrrole nitrogens is 1. The van der Waals surface area contributed by atoms with Crippen LogP contribution in [-0.2, 0) is 10.2 Å². The van der Waals surface area contributed by atoms with Crippen LogP contribution in [0.2, 0.25) is 0 Å². The molecule has 1 saturated heterocycles. The maximum Gasteiger partial charge on any atom is 0.293 e. The quantitative estimate of drug-likeness (QED) is 0.839. The highest BCUT2D eigenvalue weighted by molar-refractivity contribution is 5.91. The number of carbonyl (C=O) groups excluding carboxylic acids is 2. The van der Waals surface area contributed by atoms with Crippen LogP contribution in [0.15, 0.2) is 0 Å². The van der Waals surface area contributed by atoms with Gasteiger partial charge in [-0.25, -0.2) is 4.98 Å². The summed E-state index contributed by atoms with van der Waals surface area (Å²) in [5.41, 5.74) is -0.182. The average Bonchev–Trinajstić information content (AvgIpc) is 2.95. The lowest BCUT2D eigenvalue weighted by atomic mass is 9.96. The standard InChI is InChI=1S/C14H23N5O2/c1-14(2,3)13-16-10(17-18-13)12(21)19-7-5-6-9(8-19)11(20)15-4/h9H,5-8H2,1-4H3,(H,15,20)(H,16,17,18). The first kappa shape index (κ1) is 15.5. The first-order valence-corrected chi connectivity index (χ1v) is 7.26. The maximum absolute atomic E-state index is 12.4. The Labute approximate surface area is 124 Å². The number of carbonyl (C=O) groups is 2. The number of nitrogens with one attached hydrogen (secondary N) is 2. The molecule has 1 aliphatic rings. The minimum Gasteiger partial charge on any atom is -0.359 e. The lowest BCUT2D eigenvalue weighted by Crippen LogP contribution is -2.45. The Balaban J connectivity index is 2.09. The first-order valence-electron chi connectivity index (χ1n) is 7.26. The highest BCUT2D eigenvalue weighted by Crippen LogP contribution is 2.20. The zero-order valence-electron chi connectivity index (χ0n) is 13.1. The molecule has 2 N–H and O–H groups in total. The Bertz CT molecular complexity index is 532. The van der Waals surface area contributed by atoms with Crippen molar-refractivity contribution in [3.8, 4) is 0 Å². The van der Waals surface area contributed by atoms with Crippen molar-refractivity contribution in [2.75, 3.05) is 20.1 Å². The van der Waals surface area contributed by atoms with Crippen LogP contribution in [0.3, 0.4) is 0 Å². The molecule has 1 unspecified atom stereocenters. The van der Waals surface area contributed by atoms with E-state index < -0.39 is 0 Å². The summed E-state index contributed by atoms with van der Waals surface area (Å²) in [5, 5.41) is 9.49. The topological polar surface area (TPSA) is 91.0 Å². The molecule has 0 radical (unpaired) electrons. The molecule has 1 aliphatic heterocycles. The van der Waals surface area contributed by atoms with E-state index >= 15 is 0 Å². The summed E-state index contributed by atoms with van der Waals surface area (Å²) in [4.78, 5) is 30.1. The molecule has 2 rings (SSSR count). The van der Waals surface area contributed by atoms with Crippen molar-refractivity contribution < 1.29 is 9.59 Å². The van der Waals surface area contributed by atoms with Gasteiger partial charge in [0.2, 0.25) is 11.7 Å². The molecule has 0 saturated carbocycles. The number of hydrogen-bond donors (Lipinski definition) is 2. The Kier molecular flexibility index (Phi) is 4.29. The molecule has 1 fully saturated rings. The predicted molar refractivity (Wildman–Crippen MR) is 77.8 cm³/mol. The van der Waals surface area contributed by atoms with E-state index in [1.54, 1.807) is 11.9 Å². The molecule has 0 bridgehead atoms. The van der Waals surface area contributed by atoms with Crippen LogP contribution < -0.4 is 5.32 Å². The number of likely N-dealkylation sites (tertiary alicyclic amines) is 1. The van der Waals surface area contributed by atoms with Gasteiger partial charge in [0.05, 0.1) is 5.92 Å². The van der Waals surface area contributed by atoms with Crippen molar-refractivity contribution in [2.24, 2.45) is 5.92 Å². The van der Waals surface area contributed by atoms with Crippen molar-refractivity contribution in [1.29, 1.82) is 0 Å². The second kappa shape index (κ2) is 5.83. The number of rotatable bonds is 2. The van der Waals surface area contributed by atoms with Gasteiger partial charge in [-0.15, -0.1) is 5.10 Å². The lowest BCUT2D eigenvalue weighted by Gasteiger charge is -2.31. The molecule has 1 aromatic heterocycles. The van der Waals surface area contributed by atoms with Gasteiger partial charge >= 0.3 is 0 Å². The van der Waals surface area contributed by atoms with Gasteiger partial charge in [0.25, 0.3) is 5.91 Å². The zero-order valence-corrected chi connectivity index (χ0v) is 13.1. The summed E-state index contributed by atoms with van der Waals surface area (Å²) in [5.74, 6) is 0.491. The third-order valence-electron chi connectivity index (χ3n) is 3.71. The van der Waals surface area contributed by atoms with Crippen LogP contribution in [0.4, 0.5) is 0 Å². The molecule has 7 nitrogen and oxygen atoms in total. The van der Waals surface area contributed by atoms with Crippen molar-refractivity contribution >= 4 is 11.8 Å². The Morgan fingerprint density at radius 2 is 2.10 bits per heavy atom. The predicted octanol–water partition coefficient (Wildman–Crippen LogP) is 0.700. The number of nitrogens with zero attached hydrogens (tertiary/aromatic N) is 3. The Morgan fingerprint density at radius 3 is 2.67 bits per heavy atom. The molecule has 0 aliphatic carbocycles. The van der Waals surface area contributed by atoms with E-state index in [-0.39, 0.29) is 29.0 Å². The Morgan fingerprint density at radius 1 is 1.38 bits per heavy atom. The van der Waals surface area contributed by atoms with Crippen LogP contribution in [0.25, 0.3) is 0 Å². The van der Waals surface area contributed by atoms with Gasteiger partial charge in [0.15, 0.2) is 0 Å². The molecule has 1 aromatic rings. The molecule has 2 amide bonds. The van der Waals surface area contributed by atoms with Gasteiger partial charge in [-0.2, -0.15) is 0 Å². The van der Waals surface area contributed by atoms with E-state index in [2.05, 4.69) is 20.5 Å². The van der Waals surface area contributed by atoms with Gasteiger partial charge < -0.3 is 10.2 Å². The maximum atomic E-state index is 12.4. The van der Waals surface area contributed by atoms with E-state index in [9.17, 15) is 9.59 Å². The molecule has 1 atom stereocenters. The summed E-state index contributed by atoms with van der Waals surface area (Å²) in [6.07, 6.45) is 1.63. The van der Waals surface area contributed by atoms with Gasteiger partial charge in [-0.05, 0) is 12.8 Å². The van der Waals surface area contributed by atoms with E-state index in [0.29, 0.717) is 18.9 Å². The minimum absolute atomic E-state index is 0.0159. The van der Waals surface area contributed by atoms with Crippen LogP contribution in [0, 0.1) is 5.92 Å². The van der Waals surface area contributed by atoms with Crippen LogP contribution >= 0.6 is 0 Å². The van der Waals surface area contributed by atoms with Crippen LogP contribution in [-0.4, -0.2) is 52.0 Å². The molecule has 0 aromatic carbocycles. The van der Waals surface area contributed by atoms with Crippen LogP contribution in [0.5, 0.6) is 0 Å². The fourth-order valence-corrected chi connectivity index (χ4v) is 2.41. The van der Waals surface area contributed by atoms with Crippen LogP contribution in [0.1, 0.15) is 50.1 Å². The highest BCUT2D eigenvalue weighted by Gasteiger charge is 2.30. The number of hydrogen-bond acceptors (Lipinski definition) is 4. The number of piperidine rings is 1. The van der Waals surface area contributed by atoms with Gasteiger partial charge in [0, 0.05) is 25.6 Å². The zero-order chi connectivity index (χ0) is 15.6. The van der Waals surface area contributed by atoms with E-state index in [1.807, 2.05) is 20.8 Å².